The number of amides is 2. The fourth-order valence-electron chi connectivity index (χ4n) is 3.52. The number of rotatable bonds is 8. The minimum Gasteiger partial charge on any atom is -0.339 e. The summed E-state index contributed by atoms with van der Waals surface area (Å²) in [5.41, 5.74) is 1.55. The van der Waals surface area contributed by atoms with Crippen molar-refractivity contribution in [1.29, 1.82) is 0 Å². The Morgan fingerprint density at radius 2 is 1.58 bits per heavy atom. The molecular formula is C24H27FN2O3S. The summed E-state index contributed by atoms with van der Waals surface area (Å²) in [5, 5.41) is 0. The van der Waals surface area contributed by atoms with Gasteiger partial charge in [-0.05, 0) is 37.5 Å². The molecule has 1 aliphatic rings. The summed E-state index contributed by atoms with van der Waals surface area (Å²) >= 11 is 1.13. The summed E-state index contributed by atoms with van der Waals surface area (Å²) in [5.74, 6) is -0.502. The molecule has 5 nitrogen and oxygen atoms in total. The van der Waals surface area contributed by atoms with E-state index >= 15 is 0 Å². The minimum atomic E-state index is -0.489. The van der Waals surface area contributed by atoms with Crippen LogP contribution in [0.5, 0.6) is 0 Å². The van der Waals surface area contributed by atoms with E-state index < -0.39 is 5.82 Å². The first kappa shape index (κ1) is 23.0. The molecule has 1 fully saturated rings. The number of piperazine rings is 1. The summed E-state index contributed by atoms with van der Waals surface area (Å²) < 4.78 is 14.1. The second kappa shape index (κ2) is 11.1. The quantitative estimate of drug-likeness (QED) is 0.461. The van der Waals surface area contributed by atoms with Gasteiger partial charge in [-0.3, -0.25) is 14.4 Å². The standard InChI is InChI=1S/C24H27FN2O3S/c1-18(28)20-10-11-22(21(25)16-20)31-17-24(30)27-14-12-26(13-15-27)23(29)9-5-8-19-6-3-2-4-7-19/h2-4,6-7,10-11,16H,5,8-9,12-15,17H2,1H3. The van der Waals surface area contributed by atoms with Gasteiger partial charge in [0.1, 0.15) is 5.82 Å². The predicted molar refractivity (Wildman–Crippen MR) is 120 cm³/mol. The molecule has 164 valence electrons. The molecule has 31 heavy (non-hydrogen) atoms. The highest BCUT2D eigenvalue weighted by Crippen LogP contribution is 2.23. The normalized spacial score (nSPS) is 13.9. The van der Waals surface area contributed by atoms with E-state index in [2.05, 4.69) is 12.1 Å². The van der Waals surface area contributed by atoms with Crippen LogP contribution in [-0.2, 0) is 16.0 Å². The summed E-state index contributed by atoms with van der Waals surface area (Å²) in [6.07, 6.45) is 2.20. The first-order valence-corrected chi connectivity index (χ1v) is 11.5. The number of benzene rings is 2. The molecule has 0 atom stereocenters. The predicted octanol–water partition coefficient (Wildman–Crippen LogP) is 3.81. The van der Waals surface area contributed by atoms with Crippen molar-refractivity contribution in [3.05, 3.63) is 65.5 Å². The zero-order valence-corrected chi connectivity index (χ0v) is 18.5. The van der Waals surface area contributed by atoms with Gasteiger partial charge in [0.2, 0.25) is 11.8 Å². The van der Waals surface area contributed by atoms with E-state index in [1.54, 1.807) is 11.0 Å². The molecule has 0 radical (unpaired) electrons. The molecule has 2 aromatic carbocycles. The SMILES string of the molecule is CC(=O)c1ccc(SCC(=O)N2CCN(C(=O)CCCc3ccccc3)CC2)c(F)c1. The average molecular weight is 443 g/mol. The molecule has 0 unspecified atom stereocenters. The molecule has 3 rings (SSSR count). The molecule has 0 aliphatic carbocycles. The van der Waals surface area contributed by atoms with Crippen LogP contribution in [0, 0.1) is 5.82 Å². The second-order valence-corrected chi connectivity index (χ2v) is 8.61. The van der Waals surface area contributed by atoms with Crippen LogP contribution < -0.4 is 0 Å². The number of nitrogens with zero attached hydrogens (tertiary/aromatic N) is 2. The Bertz CT molecular complexity index is 928. The number of carbonyl (C=O) groups is 3. The molecule has 0 aromatic heterocycles. The zero-order valence-electron chi connectivity index (χ0n) is 17.7. The summed E-state index contributed by atoms with van der Waals surface area (Å²) in [4.78, 5) is 40.1. The molecular weight excluding hydrogens is 415 g/mol. The lowest BCUT2D eigenvalue weighted by molar-refractivity contribution is -0.138. The maximum absolute atomic E-state index is 14.1. The first-order valence-electron chi connectivity index (χ1n) is 10.5. The van der Waals surface area contributed by atoms with E-state index in [0.717, 1.165) is 24.6 Å². The highest BCUT2D eigenvalue weighted by molar-refractivity contribution is 8.00. The number of Topliss-reactive ketones (excluding diaryl/α,β-unsaturated/α-hetero) is 1. The molecule has 0 saturated carbocycles. The number of carbonyl (C=O) groups excluding carboxylic acids is 3. The molecule has 2 aromatic rings. The van der Waals surface area contributed by atoms with Gasteiger partial charge in [-0.1, -0.05) is 36.4 Å². The van der Waals surface area contributed by atoms with Crippen molar-refractivity contribution in [3.63, 3.8) is 0 Å². The summed E-state index contributed by atoms with van der Waals surface area (Å²) in [7, 11) is 0. The van der Waals surface area contributed by atoms with Crippen molar-refractivity contribution in [2.24, 2.45) is 0 Å². The topological polar surface area (TPSA) is 57.7 Å². The Morgan fingerprint density at radius 1 is 0.935 bits per heavy atom. The number of hydrogen-bond acceptors (Lipinski definition) is 4. The van der Waals surface area contributed by atoms with Crippen LogP contribution in [0.3, 0.4) is 0 Å². The number of ketones is 1. The highest BCUT2D eigenvalue weighted by atomic mass is 32.2. The molecule has 0 N–H and O–H groups in total. The second-order valence-electron chi connectivity index (χ2n) is 7.59. The molecule has 2 amide bonds. The van der Waals surface area contributed by atoms with Gasteiger partial charge in [0.05, 0.1) is 5.75 Å². The summed E-state index contributed by atoms with van der Waals surface area (Å²) in [6.45, 7) is 3.44. The van der Waals surface area contributed by atoms with Crippen molar-refractivity contribution >= 4 is 29.4 Å². The van der Waals surface area contributed by atoms with E-state index in [9.17, 15) is 18.8 Å². The van der Waals surface area contributed by atoms with Gasteiger partial charge in [-0.25, -0.2) is 4.39 Å². The van der Waals surface area contributed by atoms with Crippen molar-refractivity contribution in [2.45, 2.75) is 31.1 Å². The van der Waals surface area contributed by atoms with E-state index in [-0.39, 0.29) is 23.4 Å². The smallest absolute Gasteiger partial charge is 0.233 e. The van der Waals surface area contributed by atoms with E-state index in [1.807, 2.05) is 23.1 Å². The Kier molecular flexibility index (Phi) is 8.23. The summed E-state index contributed by atoms with van der Waals surface area (Å²) in [6, 6.07) is 14.4. The monoisotopic (exact) mass is 442 g/mol. The lowest BCUT2D eigenvalue weighted by Gasteiger charge is -2.35. The molecule has 1 heterocycles. The van der Waals surface area contributed by atoms with Gasteiger partial charge in [0, 0.05) is 43.1 Å². The van der Waals surface area contributed by atoms with Crippen molar-refractivity contribution in [3.8, 4) is 0 Å². The Labute approximate surface area is 186 Å². The van der Waals surface area contributed by atoms with Gasteiger partial charge in [0.25, 0.3) is 0 Å². The number of thioether (sulfide) groups is 1. The first-order chi connectivity index (χ1) is 14.9. The van der Waals surface area contributed by atoms with Crippen LogP contribution in [0.4, 0.5) is 4.39 Å². The van der Waals surface area contributed by atoms with Gasteiger partial charge in [-0.15, -0.1) is 11.8 Å². The molecule has 1 aliphatic heterocycles. The van der Waals surface area contributed by atoms with Crippen LogP contribution in [0.2, 0.25) is 0 Å². The maximum Gasteiger partial charge on any atom is 0.233 e. The van der Waals surface area contributed by atoms with E-state index in [0.29, 0.717) is 43.1 Å². The molecule has 1 saturated heterocycles. The van der Waals surface area contributed by atoms with Crippen LogP contribution in [0.1, 0.15) is 35.7 Å². The molecule has 0 spiro atoms. The third-order valence-electron chi connectivity index (χ3n) is 5.37. The van der Waals surface area contributed by atoms with Crippen molar-refractivity contribution in [2.75, 3.05) is 31.9 Å². The maximum atomic E-state index is 14.1. The lowest BCUT2D eigenvalue weighted by atomic mass is 10.1. The van der Waals surface area contributed by atoms with Crippen LogP contribution in [0.15, 0.2) is 53.4 Å². The number of halogens is 1. The fourth-order valence-corrected chi connectivity index (χ4v) is 4.34. The van der Waals surface area contributed by atoms with Crippen LogP contribution >= 0.6 is 11.8 Å². The molecule has 7 heteroatoms. The average Bonchev–Trinajstić information content (AvgIpc) is 2.78. The van der Waals surface area contributed by atoms with Crippen molar-refractivity contribution in [1.82, 2.24) is 9.80 Å². The lowest BCUT2D eigenvalue weighted by Crippen LogP contribution is -2.51. The fraction of sp³-hybridized carbons (Fsp3) is 0.375. The van der Waals surface area contributed by atoms with Gasteiger partial charge < -0.3 is 9.80 Å². The Morgan fingerprint density at radius 3 is 2.19 bits per heavy atom. The van der Waals surface area contributed by atoms with E-state index in [1.165, 1.54) is 24.6 Å². The number of aryl methyl sites for hydroxylation is 1. The van der Waals surface area contributed by atoms with E-state index in [4.69, 9.17) is 0 Å². The third kappa shape index (κ3) is 6.66. The zero-order chi connectivity index (χ0) is 22.2. The minimum absolute atomic E-state index is 0.0729. The largest absolute Gasteiger partial charge is 0.339 e. The van der Waals surface area contributed by atoms with Crippen LogP contribution in [0.25, 0.3) is 0 Å². The van der Waals surface area contributed by atoms with Crippen LogP contribution in [-0.4, -0.2) is 59.3 Å². The van der Waals surface area contributed by atoms with Crippen molar-refractivity contribution < 1.29 is 18.8 Å². The van der Waals surface area contributed by atoms with Gasteiger partial charge in [0.15, 0.2) is 5.78 Å². The van der Waals surface area contributed by atoms with Gasteiger partial charge in [-0.2, -0.15) is 0 Å². The molecule has 0 bridgehead atoms. The Hall–Kier alpha value is -2.67. The number of hydrogen-bond donors (Lipinski definition) is 0. The highest BCUT2D eigenvalue weighted by Gasteiger charge is 2.24. The van der Waals surface area contributed by atoms with Gasteiger partial charge >= 0.3 is 0 Å². The third-order valence-corrected chi connectivity index (χ3v) is 6.41. The Balaban J connectivity index is 1.39.